The summed E-state index contributed by atoms with van der Waals surface area (Å²) >= 11 is 0. The van der Waals surface area contributed by atoms with Crippen molar-refractivity contribution in [1.82, 2.24) is 0 Å². The molecular weight excluding hydrogens is 245 g/mol. The van der Waals surface area contributed by atoms with Crippen molar-refractivity contribution in [3.63, 3.8) is 0 Å². The van der Waals surface area contributed by atoms with Crippen LogP contribution < -0.4 is 0 Å². The molecule has 0 aromatic rings. The molecule has 2 saturated carbocycles. The Morgan fingerprint density at radius 3 is 2.56 bits per heavy atom. The van der Waals surface area contributed by atoms with E-state index in [0.717, 1.165) is 18.8 Å². The lowest BCUT2D eigenvalue weighted by atomic mass is 9.71. The molecular formula is C13H21F3O2. The predicted octanol–water partition coefficient (Wildman–Crippen LogP) is 3.14. The number of hydrogen-bond acceptors (Lipinski definition) is 2. The third-order valence-electron chi connectivity index (χ3n) is 4.65. The van der Waals surface area contributed by atoms with Gasteiger partial charge in [-0.25, -0.2) is 0 Å². The van der Waals surface area contributed by atoms with Crippen molar-refractivity contribution < 1.29 is 23.0 Å². The molecule has 0 radical (unpaired) electrons. The molecule has 0 aliphatic heterocycles. The number of aliphatic hydroxyl groups is 1. The molecule has 3 unspecified atom stereocenters. The SMILES string of the molecule is OCC1(CCCOCC(F)(F)F)CC2CCC1C2. The Kier molecular flexibility index (Phi) is 4.22. The minimum atomic E-state index is -4.24. The first-order valence-electron chi connectivity index (χ1n) is 6.70. The molecule has 2 rings (SSSR count). The van der Waals surface area contributed by atoms with Crippen LogP contribution in [0.3, 0.4) is 0 Å². The predicted molar refractivity (Wildman–Crippen MR) is 61.1 cm³/mol. The molecule has 0 aromatic heterocycles. The van der Waals surface area contributed by atoms with Crippen molar-refractivity contribution in [1.29, 1.82) is 0 Å². The molecule has 5 heteroatoms. The molecule has 0 aromatic carbocycles. The van der Waals surface area contributed by atoms with Gasteiger partial charge in [0.15, 0.2) is 0 Å². The maximum atomic E-state index is 11.9. The normalized spacial score (nSPS) is 35.3. The van der Waals surface area contributed by atoms with Crippen LogP contribution in [-0.4, -0.2) is 31.1 Å². The third-order valence-corrected chi connectivity index (χ3v) is 4.65. The number of halogens is 3. The average Bonchev–Trinajstić information content (AvgIpc) is 2.87. The molecule has 1 N–H and O–H groups in total. The smallest absolute Gasteiger partial charge is 0.396 e. The van der Waals surface area contributed by atoms with Crippen molar-refractivity contribution in [3.8, 4) is 0 Å². The lowest BCUT2D eigenvalue weighted by Gasteiger charge is -2.36. The number of aliphatic hydroxyl groups excluding tert-OH is 1. The Morgan fingerprint density at radius 1 is 1.28 bits per heavy atom. The second kappa shape index (κ2) is 5.37. The van der Waals surface area contributed by atoms with Crippen LogP contribution in [0, 0.1) is 17.3 Å². The number of fused-ring (bicyclic) bond motifs is 2. The summed E-state index contributed by atoms with van der Waals surface area (Å²) in [5.41, 5.74) is -0.0233. The summed E-state index contributed by atoms with van der Waals surface area (Å²) < 4.78 is 40.3. The van der Waals surface area contributed by atoms with E-state index in [2.05, 4.69) is 4.74 Å². The van der Waals surface area contributed by atoms with Crippen LogP contribution in [0.5, 0.6) is 0 Å². The lowest BCUT2D eigenvalue weighted by Crippen LogP contribution is -2.32. The quantitative estimate of drug-likeness (QED) is 0.748. The van der Waals surface area contributed by atoms with Gasteiger partial charge in [-0.2, -0.15) is 13.2 Å². The van der Waals surface area contributed by atoms with E-state index in [0.29, 0.717) is 12.3 Å². The molecule has 2 aliphatic rings. The fraction of sp³-hybridized carbons (Fsp3) is 1.00. The highest BCUT2D eigenvalue weighted by atomic mass is 19.4. The van der Waals surface area contributed by atoms with E-state index in [1.54, 1.807) is 0 Å². The highest BCUT2D eigenvalue weighted by Gasteiger charge is 2.49. The Morgan fingerprint density at radius 2 is 2.06 bits per heavy atom. The summed E-state index contributed by atoms with van der Waals surface area (Å²) in [6, 6.07) is 0. The van der Waals surface area contributed by atoms with Gasteiger partial charge in [0, 0.05) is 13.2 Å². The summed E-state index contributed by atoms with van der Waals surface area (Å²) in [7, 11) is 0. The molecule has 0 heterocycles. The summed E-state index contributed by atoms with van der Waals surface area (Å²) in [6.45, 7) is -0.850. The van der Waals surface area contributed by atoms with Crippen molar-refractivity contribution in [2.24, 2.45) is 17.3 Å². The van der Waals surface area contributed by atoms with Gasteiger partial charge < -0.3 is 9.84 Å². The highest BCUT2D eigenvalue weighted by molar-refractivity contribution is 4.99. The van der Waals surface area contributed by atoms with Crippen molar-refractivity contribution in [3.05, 3.63) is 0 Å². The van der Waals surface area contributed by atoms with Gasteiger partial charge in [-0.05, 0) is 49.4 Å². The lowest BCUT2D eigenvalue weighted by molar-refractivity contribution is -0.174. The minimum Gasteiger partial charge on any atom is -0.396 e. The molecule has 0 saturated heterocycles. The van der Waals surface area contributed by atoms with E-state index in [-0.39, 0.29) is 18.6 Å². The van der Waals surface area contributed by atoms with Crippen LogP contribution in [0.4, 0.5) is 13.2 Å². The molecule has 2 bridgehead atoms. The van der Waals surface area contributed by atoms with Crippen LogP contribution in [0.2, 0.25) is 0 Å². The molecule has 2 fully saturated rings. The van der Waals surface area contributed by atoms with Gasteiger partial charge in [-0.1, -0.05) is 6.42 Å². The molecule has 0 amide bonds. The molecule has 2 nitrogen and oxygen atoms in total. The topological polar surface area (TPSA) is 29.5 Å². The zero-order valence-corrected chi connectivity index (χ0v) is 10.5. The van der Waals surface area contributed by atoms with Crippen LogP contribution in [0.25, 0.3) is 0 Å². The highest BCUT2D eigenvalue weighted by Crippen LogP contribution is 2.57. The van der Waals surface area contributed by atoms with E-state index in [4.69, 9.17) is 0 Å². The van der Waals surface area contributed by atoms with Crippen molar-refractivity contribution in [2.75, 3.05) is 19.8 Å². The van der Waals surface area contributed by atoms with Gasteiger partial charge >= 0.3 is 6.18 Å². The van der Waals surface area contributed by atoms with Gasteiger partial charge in [0.25, 0.3) is 0 Å². The summed E-state index contributed by atoms with van der Waals surface area (Å²) in [5, 5.41) is 9.60. The summed E-state index contributed by atoms with van der Waals surface area (Å²) in [6.07, 6.45) is 1.85. The Balaban J connectivity index is 1.69. The zero-order chi connectivity index (χ0) is 13.2. The maximum Gasteiger partial charge on any atom is 0.411 e. The fourth-order valence-electron chi connectivity index (χ4n) is 3.85. The van der Waals surface area contributed by atoms with Gasteiger partial charge in [0.05, 0.1) is 0 Å². The summed E-state index contributed by atoms with van der Waals surface area (Å²) in [5.74, 6) is 1.31. The largest absolute Gasteiger partial charge is 0.411 e. The first-order chi connectivity index (χ1) is 8.45. The van der Waals surface area contributed by atoms with Crippen LogP contribution in [0.1, 0.15) is 38.5 Å². The molecule has 106 valence electrons. The van der Waals surface area contributed by atoms with Crippen molar-refractivity contribution >= 4 is 0 Å². The van der Waals surface area contributed by atoms with Crippen LogP contribution >= 0.6 is 0 Å². The van der Waals surface area contributed by atoms with E-state index in [9.17, 15) is 18.3 Å². The number of hydrogen-bond donors (Lipinski definition) is 1. The number of rotatable bonds is 6. The van der Waals surface area contributed by atoms with Gasteiger partial charge in [-0.3, -0.25) is 0 Å². The number of ether oxygens (including phenoxy) is 1. The number of alkyl halides is 3. The Hall–Kier alpha value is -0.290. The molecule has 3 atom stereocenters. The van der Waals surface area contributed by atoms with Gasteiger partial charge in [-0.15, -0.1) is 0 Å². The van der Waals surface area contributed by atoms with Crippen LogP contribution in [0.15, 0.2) is 0 Å². The van der Waals surface area contributed by atoms with Gasteiger partial charge in [0.2, 0.25) is 0 Å². The first kappa shape index (κ1) is 14.1. The average molecular weight is 266 g/mol. The van der Waals surface area contributed by atoms with Crippen LogP contribution in [-0.2, 0) is 4.74 Å². The van der Waals surface area contributed by atoms with E-state index in [1.807, 2.05) is 0 Å². The second-order valence-electron chi connectivity index (χ2n) is 5.87. The molecule has 18 heavy (non-hydrogen) atoms. The van der Waals surface area contributed by atoms with E-state index >= 15 is 0 Å². The third kappa shape index (κ3) is 3.18. The minimum absolute atomic E-state index is 0.0233. The first-order valence-corrected chi connectivity index (χ1v) is 6.70. The Bertz CT molecular complexity index is 280. The van der Waals surface area contributed by atoms with Crippen molar-refractivity contribution in [2.45, 2.75) is 44.7 Å². The summed E-state index contributed by atoms with van der Waals surface area (Å²) in [4.78, 5) is 0. The maximum absolute atomic E-state index is 11.9. The molecule has 0 spiro atoms. The van der Waals surface area contributed by atoms with E-state index < -0.39 is 12.8 Å². The zero-order valence-electron chi connectivity index (χ0n) is 10.5. The Labute approximate surface area is 106 Å². The standard InChI is InChI=1S/C13H21F3O2/c14-13(15,16)9-18-5-1-4-12(8-17)7-10-2-3-11(12)6-10/h10-11,17H,1-9H2. The van der Waals surface area contributed by atoms with E-state index in [1.165, 1.54) is 19.3 Å². The molecule has 2 aliphatic carbocycles. The second-order valence-corrected chi connectivity index (χ2v) is 5.87. The monoisotopic (exact) mass is 266 g/mol. The van der Waals surface area contributed by atoms with Gasteiger partial charge in [0.1, 0.15) is 6.61 Å². The fourth-order valence-corrected chi connectivity index (χ4v) is 3.85.